The average molecular weight is 310 g/mol. The van der Waals surface area contributed by atoms with Crippen molar-refractivity contribution in [2.75, 3.05) is 18.9 Å². The lowest BCUT2D eigenvalue weighted by atomic mass is 10.0. The first kappa shape index (κ1) is 17.2. The van der Waals surface area contributed by atoms with Gasteiger partial charge in [0.2, 0.25) is 5.91 Å². The highest BCUT2D eigenvalue weighted by Crippen LogP contribution is 2.16. The Kier molecular flexibility index (Phi) is 5.94. The van der Waals surface area contributed by atoms with Crippen molar-refractivity contribution in [1.29, 1.82) is 0 Å². The topological polar surface area (TPSA) is 32.3 Å². The van der Waals surface area contributed by atoms with Gasteiger partial charge in [-0.25, -0.2) is 0 Å². The van der Waals surface area contributed by atoms with Crippen LogP contribution in [0.2, 0.25) is 0 Å². The third kappa shape index (κ3) is 5.22. The second-order valence-corrected chi connectivity index (χ2v) is 6.43. The van der Waals surface area contributed by atoms with E-state index in [9.17, 15) is 4.79 Å². The van der Waals surface area contributed by atoms with Gasteiger partial charge in [0.1, 0.15) is 0 Å². The van der Waals surface area contributed by atoms with E-state index in [1.807, 2.05) is 43.1 Å². The Morgan fingerprint density at radius 3 is 2.35 bits per heavy atom. The number of nitrogens with one attached hydrogen (secondary N) is 1. The fourth-order valence-corrected chi connectivity index (χ4v) is 2.52. The predicted octanol–water partition coefficient (Wildman–Crippen LogP) is 4.19. The number of hydrogen-bond acceptors (Lipinski definition) is 2. The van der Waals surface area contributed by atoms with Crippen LogP contribution in [0.4, 0.5) is 5.69 Å². The summed E-state index contributed by atoms with van der Waals surface area (Å²) in [4.78, 5) is 14.2. The summed E-state index contributed by atoms with van der Waals surface area (Å²) in [6.45, 7) is 7.52. The van der Waals surface area contributed by atoms with E-state index in [0.29, 0.717) is 12.5 Å². The summed E-state index contributed by atoms with van der Waals surface area (Å²) < 4.78 is 0. The molecule has 0 fully saturated rings. The van der Waals surface area contributed by atoms with E-state index in [-0.39, 0.29) is 5.91 Å². The van der Waals surface area contributed by atoms with Crippen LogP contribution < -0.4 is 5.32 Å². The molecule has 0 saturated heterocycles. The number of hydrogen-bond donors (Lipinski definition) is 1. The summed E-state index contributed by atoms with van der Waals surface area (Å²) in [6.07, 6.45) is 0. The van der Waals surface area contributed by atoms with Gasteiger partial charge in [0.25, 0.3) is 0 Å². The lowest BCUT2D eigenvalue weighted by Gasteiger charge is -2.17. The maximum atomic E-state index is 12.2. The van der Waals surface area contributed by atoms with Gasteiger partial charge in [-0.05, 0) is 42.6 Å². The Labute approximate surface area is 139 Å². The Bertz CT molecular complexity index is 647. The molecule has 0 aromatic heterocycles. The van der Waals surface area contributed by atoms with Gasteiger partial charge in [-0.1, -0.05) is 56.3 Å². The molecule has 0 atom stereocenters. The molecule has 3 heteroatoms. The summed E-state index contributed by atoms with van der Waals surface area (Å²) in [5.41, 5.74) is 4.52. The van der Waals surface area contributed by atoms with Crippen molar-refractivity contribution < 1.29 is 4.79 Å². The Balaban J connectivity index is 1.87. The molecule has 1 amide bonds. The third-order valence-corrected chi connectivity index (χ3v) is 3.93. The summed E-state index contributed by atoms with van der Waals surface area (Å²) >= 11 is 0. The molecule has 122 valence electrons. The smallest absolute Gasteiger partial charge is 0.238 e. The van der Waals surface area contributed by atoms with Gasteiger partial charge in [-0.2, -0.15) is 0 Å². The number of nitrogens with zero attached hydrogens (tertiary/aromatic N) is 1. The molecule has 2 aromatic carbocycles. The van der Waals surface area contributed by atoms with Gasteiger partial charge in [0, 0.05) is 12.2 Å². The van der Waals surface area contributed by atoms with E-state index in [2.05, 4.69) is 43.4 Å². The van der Waals surface area contributed by atoms with E-state index >= 15 is 0 Å². The van der Waals surface area contributed by atoms with E-state index in [0.717, 1.165) is 17.8 Å². The van der Waals surface area contributed by atoms with Crippen LogP contribution in [0.15, 0.2) is 48.5 Å². The molecule has 3 nitrogen and oxygen atoms in total. The molecule has 0 unspecified atom stereocenters. The van der Waals surface area contributed by atoms with Crippen molar-refractivity contribution in [2.24, 2.45) is 0 Å². The van der Waals surface area contributed by atoms with Crippen LogP contribution >= 0.6 is 0 Å². The van der Waals surface area contributed by atoms with E-state index in [1.165, 1.54) is 11.1 Å². The number of benzene rings is 2. The zero-order valence-electron chi connectivity index (χ0n) is 14.5. The zero-order chi connectivity index (χ0) is 16.8. The van der Waals surface area contributed by atoms with E-state index in [1.54, 1.807) is 0 Å². The lowest BCUT2D eigenvalue weighted by Crippen LogP contribution is -2.30. The van der Waals surface area contributed by atoms with Crippen molar-refractivity contribution in [2.45, 2.75) is 33.2 Å². The number of carbonyl (C=O) groups is 1. The molecular weight excluding hydrogens is 284 g/mol. The highest BCUT2D eigenvalue weighted by molar-refractivity contribution is 5.92. The van der Waals surface area contributed by atoms with Crippen molar-refractivity contribution in [3.63, 3.8) is 0 Å². The number of para-hydroxylation sites is 1. The normalized spacial score (nSPS) is 11.0. The molecule has 1 N–H and O–H groups in total. The van der Waals surface area contributed by atoms with Crippen molar-refractivity contribution in [3.05, 3.63) is 65.2 Å². The van der Waals surface area contributed by atoms with Crippen LogP contribution in [0.25, 0.3) is 0 Å². The molecular formula is C20H26N2O. The minimum atomic E-state index is 0.0144. The first-order valence-electron chi connectivity index (χ1n) is 8.08. The fourth-order valence-electron chi connectivity index (χ4n) is 2.52. The van der Waals surface area contributed by atoms with Gasteiger partial charge in [-0.15, -0.1) is 0 Å². The molecule has 0 aliphatic carbocycles. The van der Waals surface area contributed by atoms with Crippen LogP contribution in [0, 0.1) is 6.92 Å². The predicted molar refractivity (Wildman–Crippen MR) is 96.7 cm³/mol. The largest absolute Gasteiger partial charge is 0.325 e. The molecule has 0 heterocycles. The number of amides is 1. The summed E-state index contributed by atoms with van der Waals surface area (Å²) in [5, 5.41) is 2.97. The summed E-state index contributed by atoms with van der Waals surface area (Å²) in [7, 11) is 1.97. The molecule has 0 aliphatic rings. The average Bonchev–Trinajstić information content (AvgIpc) is 2.50. The van der Waals surface area contributed by atoms with Gasteiger partial charge in [0.05, 0.1) is 6.54 Å². The first-order valence-corrected chi connectivity index (χ1v) is 8.08. The zero-order valence-corrected chi connectivity index (χ0v) is 14.5. The minimum absolute atomic E-state index is 0.0144. The van der Waals surface area contributed by atoms with E-state index < -0.39 is 0 Å². The number of anilines is 1. The standard InChI is InChI=1S/C20H26N2O/c1-15(2)18-11-9-17(10-12-18)13-22(4)14-20(23)21-19-8-6-5-7-16(19)3/h5-12,15H,13-14H2,1-4H3,(H,21,23). The second-order valence-electron chi connectivity index (χ2n) is 6.43. The van der Waals surface area contributed by atoms with Crippen LogP contribution in [0.1, 0.15) is 36.5 Å². The van der Waals surface area contributed by atoms with Crippen molar-refractivity contribution in [3.8, 4) is 0 Å². The first-order chi connectivity index (χ1) is 11.0. The maximum absolute atomic E-state index is 12.2. The van der Waals surface area contributed by atoms with Gasteiger partial charge < -0.3 is 5.32 Å². The molecule has 0 bridgehead atoms. The molecule has 2 aromatic rings. The number of aryl methyl sites for hydroxylation is 1. The monoisotopic (exact) mass is 310 g/mol. The Morgan fingerprint density at radius 1 is 1.09 bits per heavy atom. The number of carbonyl (C=O) groups excluding carboxylic acids is 1. The van der Waals surface area contributed by atoms with Crippen molar-refractivity contribution >= 4 is 11.6 Å². The van der Waals surface area contributed by atoms with Gasteiger partial charge in [0.15, 0.2) is 0 Å². The second kappa shape index (κ2) is 7.93. The quantitative estimate of drug-likeness (QED) is 0.867. The molecule has 0 spiro atoms. The van der Waals surface area contributed by atoms with E-state index in [4.69, 9.17) is 0 Å². The van der Waals surface area contributed by atoms with Crippen molar-refractivity contribution in [1.82, 2.24) is 4.90 Å². The van der Waals surface area contributed by atoms with Crippen LogP contribution in [0.3, 0.4) is 0 Å². The SMILES string of the molecule is Cc1ccccc1NC(=O)CN(C)Cc1ccc(C(C)C)cc1. The fraction of sp³-hybridized carbons (Fsp3) is 0.350. The highest BCUT2D eigenvalue weighted by Gasteiger charge is 2.09. The molecule has 23 heavy (non-hydrogen) atoms. The molecule has 0 saturated carbocycles. The lowest BCUT2D eigenvalue weighted by molar-refractivity contribution is -0.117. The summed E-state index contributed by atoms with van der Waals surface area (Å²) in [5.74, 6) is 0.558. The third-order valence-electron chi connectivity index (χ3n) is 3.93. The van der Waals surface area contributed by atoms with Crippen LogP contribution in [-0.4, -0.2) is 24.4 Å². The summed E-state index contributed by atoms with van der Waals surface area (Å²) in [6, 6.07) is 16.5. The van der Waals surface area contributed by atoms with Crippen LogP contribution in [0.5, 0.6) is 0 Å². The minimum Gasteiger partial charge on any atom is -0.325 e. The van der Waals surface area contributed by atoms with Gasteiger partial charge in [-0.3, -0.25) is 9.69 Å². The number of rotatable bonds is 6. The molecule has 0 radical (unpaired) electrons. The molecule has 2 rings (SSSR count). The Hall–Kier alpha value is -2.13. The maximum Gasteiger partial charge on any atom is 0.238 e. The van der Waals surface area contributed by atoms with Crippen LogP contribution in [-0.2, 0) is 11.3 Å². The highest BCUT2D eigenvalue weighted by atomic mass is 16.2. The van der Waals surface area contributed by atoms with Gasteiger partial charge >= 0.3 is 0 Å². The molecule has 0 aliphatic heterocycles. The number of likely N-dealkylation sites (N-methyl/N-ethyl adjacent to an activating group) is 1. The Morgan fingerprint density at radius 2 is 1.74 bits per heavy atom.